The zero-order chi connectivity index (χ0) is 15.1. The highest BCUT2D eigenvalue weighted by Crippen LogP contribution is 2.12. The van der Waals surface area contributed by atoms with E-state index in [0.29, 0.717) is 11.8 Å². The SMILES string of the molecule is C[Si](C(=O)CCCCBr)(c1ccccc1)c1ccccc1. The Morgan fingerprint density at radius 3 is 1.81 bits per heavy atom. The van der Waals surface area contributed by atoms with Crippen molar-refractivity contribution in [2.24, 2.45) is 0 Å². The predicted molar refractivity (Wildman–Crippen MR) is 96.4 cm³/mol. The number of unbranched alkanes of at least 4 members (excludes halogenated alkanes) is 1. The van der Waals surface area contributed by atoms with E-state index in [-0.39, 0.29) is 0 Å². The quantitative estimate of drug-likeness (QED) is 0.419. The van der Waals surface area contributed by atoms with Gasteiger partial charge < -0.3 is 4.79 Å². The van der Waals surface area contributed by atoms with Gasteiger partial charge in [-0.05, 0) is 23.2 Å². The Morgan fingerprint density at radius 1 is 0.905 bits per heavy atom. The smallest absolute Gasteiger partial charge is 0.190 e. The minimum atomic E-state index is -2.31. The number of rotatable bonds is 7. The van der Waals surface area contributed by atoms with E-state index in [0.717, 1.165) is 18.2 Å². The van der Waals surface area contributed by atoms with Crippen molar-refractivity contribution < 1.29 is 4.79 Å². The summed E-state index contributed by atoms with van der Waals surface area (Å²) < 4.78 is 0. The average molecular weight is 361 g/mol. The number of halogens is 1. The highest BCUT2D eigenvalue weighted by atomic mass is 79.9. The van der Waals surface area contributed by atoms with Gasteiger partial charge in [-0.2, -0.15) is 0 Å². The molecular weight excluding hydrogens is 340 g/mol. The van der Waals surface area contributed by atoms with Crippen molar-refractivity contribution in [1.82, 2.24) is 0 Å². The summed E-state index contributed by atoms with van der Waals surface area (Å²) in [4.78, 5) is 13.0. The minimum Gasteiger partial charge on any atom is -0.305 e. The van der Waals surface area contributed by atoms with Crippen LogP contribution in [0.5, 0.6) is 0 Å². The molecular formula is C18H21BrOSi. The first-order valence-corrected chi connectivity index (χ1v) is 11.0. The van der Waals surface area contributed by atoms with Crippen molar-refractivity contribution in [3.8, 4) is 0 Å². The van der Waals surface area contributed by atoms with Crippen LogP contribution in [0, 0.1) is 0 Å². The van der Waals surface area contributed by atoms with E-state index < -0.39 is 8.07 Å². The molecule has 0 aliphatic carbocycles. The van der Waals surface area contributed by atoms with Crippen LogP contribution in [0.3, 0.4) is 0 Å². The Morgan fingerprint density at radius 2 is 1.38 bits per heavy atom. The Hall–Kier alpha value is -1.19. The van der Waals surface area contributed by atoms with Crippen LogP contribution in [-0.4, -0.2) is 18.8 Å². The number of alkyl halides is 1. The van der Waals surface area contributed by atoms with Crippen LogP contribution in [0.2, 0.25) is 6.55 Å². The second kappa shape index (κ2) is 7.71. The average Bonchev–Trinajstić information content (AvgIpc) is 2.56. The fourth-order valence-electron chi connectivity index (χ4n) is 2.66. The van der Waals surface area contributed by atoms with E-state index in [1.54, 1.807) is 0 Å². The summed E-state index contributed by atoms with van der Waals surface area (Å²) in [5.74, 6) is 0. The van der Waals surface area contributed by atoms with Crippen LogP contribution in [0.1, 0.15) is 19.3 Å². The summed E-state index contributed by atoms with van der Waals surface area (Å²) in [6, 6.07) is 20.6. The number of carbonyl (C=O) groups excluding carboxylic acids is 1. The van der Waals surface area contributed by atoms with Gasteiger partial charge in [-0.1, -0.05) is 83.1 Å². The monoisotopic (exact) mass is 360 g/mol. The van der Waals surface area contributed by atoms with E-state index in [9.17, 15) is 4.79 Å². The summed E-state index contributed by atoms with van der Waals surface area (Å²) >= 11 is 3.44. The molecule has 0 saturated carbocycles. The molecule has 0 atom stereocenters. The third-order valence-electron chi connectivity index (χ3n) is 4.05. The van der Waals surface area contributed by atoms with Crippen LogP contribution < -0.4 is 10.4 Å². The van der Waals surface area contributed by atoms with E-state index in [1.807, 2.05) is 36.4 Å². The summed E-state index contributed by atoms with van der Waals surface area (Å²) in [5, 5.41) is 3.82. The lowest BCUT2D eigenvalue weighted by Gasteiger charge is -2.27. The van der Waals surface area contributed by atoms with Crippen LogP contribution in [-0.2, 0) is 4.79 Å². The molecule has 0 bridgehead atoms. The van der Waals surface area contributed by atoms with Gasteiger partial charge in [-0.15, -0.1) is 0 Å². The largest absolute Gasteiger partial charge is 0.305 e. The number of hydrogen-bond donors (Lipinski definition) is 0. The van der Waals surface area contributed by atoms with Gasteiger partial charge in [0.25, 0.3) is 0 Å². The molecule has 2 aromatic rings. The Bertz CT molecular complexity index is 529. The fraction of sp³-hybridized carbons (Fsp3) is 0.278. The van der Waals surface area contributed by atoms with Crippen molar-refractivity contribution in [1.29, 1.82) is 0 Å². The van der Waals surface area contributed by atoms with E-state index in [4.69, 9.17) is 0 Å². The molecule has 21 heavy (non-hydrogen) atoms. The van der Waals surface area contributed by atoms with E-state index in [2.05, 4.69) is 46.7 Å². The fourth-order valence-corrected chi connectivity index (χ4v) is 6.43. The normalized spacial score (nSPS) is 11.3. The molecule has 3 heteroatoms. The van der Waals surface area contributed by atoms with Crippen LogP contribution in [0.25, 0.3) is 0 Å². The second-order valence-corrected chi connectivity index (χ2v) is 10.2. The third-order valence-corrected chi connectivity index (χ3v) is 8.95. The zero-order valence-electron chi connectivity index (χ0n) is 12.4. The van der Waals surface area contributed by atoms with Crippen LogP contribution in [0.4, 0.5) is 0 Å². The molecule has 2 aromatic carbocycles. The first kappa shape index (κ1) is 16.2. The van der Waals surface area contributed by atoms with Gasteiger partial charge in [-0.3, -0.25) is 0 Å². The van der Waals surface area contributed by atoms with Gasteiger partial charge >= 0.3 is 0 Å². The van der Waals surface area contributed by atoms with Gasteiger partial charge in [0.05, 0.1) is 0 Å². The lowest BCUT2D eigenvalue weighted by molar-refractivity contribution is -0.112. The number of carbonyl (C=O) groups is 1. The topological polar surface area (TPSA) is 17.1 Å². The highest BCUT2D eigenvalue weighted by Gasteiger charge is 2.38. The van der Waals surface area contributed by atoms with Crippen molar-refractivity contribution in [3.63, 3.8) is 0 Å². The molecule has 0 unspecified atom stereocenters. The number of benzene rings is 2. The summed E-state index contributed by atoms with van der Waals surface area (Å²) in [5.41, 5.74) is 0. The molecule has 0 fully saturated rings. The van der Waals surface area contributed by atoms with Crippen molar-refractivity contribution in [3.05, 3.63) is 60.7 Å². The second-order valence-electron chi connectivity index (χ2n) is 5.43. The van der Waals surface area contributed by atoms with Crippen molar-refractivity contribution >= 4 is 39.8 Å². The summed E-state index contributed by atoms with van der Waals surface area (Å²) in [6.45, 7) is 2.19. The molecule has 2 rings (SSSR count). The van der Waals surface area contributed by atoms with Gasteiger partial charge in [-0.25, -0.2) is 0 Å². The molecule has 0 spiro atoms. The molecule has 0 radical (unpaired) electrons. The standard InChI is InChI=1S/C18H21BrOSi/c1-21(16-10-4-2-5-11-16,17-12-6-3-7-13-17)18(20)14-8-9-15-19/h2-7,10-13H,8-9,14-15H2,1H3. The maximum atomic E-state index is 13.0. The maximum absolute atomic E-state index is 13.0. The molecule has 0 aliphatic rings. The van der Waals surface area contributed by atoms with E-state index >= 15 is 0 Å². The minimum absolute atomic E-state index is 0.431. The summed E-state index contributed by atoms with van der Waals surface area (Å²) in [6.07, 6.45) is 2.70. The molecule has 1 nitrogen and oxygen atoms in total. The summed E-state index contributed by atoms with van der Waals surface area (Å²) in [7, 11) is -2.31. The van der Waals surface area contributed by atoms with Gasteiger partial charge in [0.2, 0.25) is 0 Å². The first-order chi connectivity index (χ1) is 10.2. The first-order valence-electron chi connectivity index (χ1n) is 7.40. The van der Waals surface area contributed by atoms with Gasteiger partial charge in [0.15, 0.2) is 8.07 Å². The molecule has 0 aliphatic heterocycles. The molecule has 0 amide bonds. The zero-order valence-corrected chi connectivity index (χ0v) is 15.0. The van der Waals surface area contributed by atoms with E-state index in [1.165, 1.54) is 10.4 Å². The molecule has 110 valence electrons. The molecule has 0 aromatic heterocycles. The highest BCUT2D eigenvalue weighted by molar-refractivity contribution is 9.09. The number of hydrogen-bond acceptors (Lipinski definition) is 1. The van der Waals surface area contributed by atoms with Crippen LogP contribution in [0.15, 0.2) is 60.7 Å². The molecule has 0 saturated heterocycles. The third kappa shape index (κ3) is 3.72. The Labute approximate surface area is 136 Å². The Balaban J connectivity index is 2.38. The Kier molecular flexibility index (Phi) is 5.94. The maximum Gasteiger partial charge on any atom is 0.190 e. The predicted octanol–water partition coefficient (Wildman–Crippen LogP) is 3.55. The lowest BCUT2D eigenvalue weighted by Crippen LogP contribution is -2.62. The van der Waals surface area contributed by atoms with Crippen molar-refractivity contribution in [2.45, 2.75) is 25.8 Å². The lowest BCUT2D eigenvalue weighted by atomic mass is 10.3. The molecule has 0 N–H and O–H groups in total. The van der Waals surface area contributed by atoms with Crippen LogP contribution >= 0.6 is 15.9 Å². The van der Waals surface area contributed by atoms with Gasteiger partial charge in [0, 0.05) is 11.8 Å². The molecule has 0 heterocycles. The van der Waals surface area contributed by atoms with Crippen molar-refractivity contribution in [2.75, 3.05) is 5.33 Å². The van der Waals surface area contributed by atoms with Gasteiger partial charge in [0.1, 0.15) is 5.41 Å².